The summed E-state index contributed by atoms with van der Waals surface area (Å²) in [6, 6.07) is 0. The molecule has 0 aromatic rings. The second-order valence-electron chi connectivity index (χ2n) is 4.85. The van der Waals surface area contributed by atoms with Crippen molar-refractivity contribution in [1.82, 2.24) is 9.62 Å². The van der Waals surface area contributed by atoms with Crippen molar-refractivity contribution in [3.63, 3.8) is 0 Å². The molecule has 1 aliphatic rings. The minimum absolute atomic E-state index is 0.00830. The molecule has 0 radical (unpaired) electrons. The molecule has 1 N–H and O–H groups in total. The molecule has 0 unspecified atom stereocenters. The largest absolute Gasteiger partial charge is 0.469 e. The maximum absolute atomic E-state index is 12.0. The van der Waals surface area contributed by atoms with E-state index in [0.29, 0.717) is 13.1 Å². The third-order valence-electron chi connectivity index (χ3n) is 3.61. The molecule has 0 saturated carbocycles. The summed E-state index contributed by atoms with van der Waals surface area (Å²) in [5, 5.41) is 3.22. The number of ether oxygens (including phenoxy) is 1. The van der Waals surface area contributed by atoms with Gasteiger partial charge in [-0.15, -0.1) is 0 Å². The highest BCUT2D eigenvalue weighted by Crippen LogP contribution is 2.23. The van der Waals surface area contributed by atoms with Gasteiger partial charge in [0.2, 0.25) is 10.0 Å². The van der Waals surface area contributed by atoms with Gasteiger partial charge in [0.05, 0.1) is 19.3 Å². The zero-order valence-corrected chi connectivity index (χ0v) is 12.0. The summed E-state index contributed by atoms with van der Waals surface area (Å²) in [7, 11) is -0.194. The Morgan fingerprint density at radius 1 is 1.39 bits per heavy atom. The minimum atomic E-state index is -3.34. The summed E-state index contributed by atoms with van der Waals surface area (Å²) in [5.74, 6) is -0.661. The Balaban J connectivity index is 2.53. The van der Waals surface area contributed by atoms with Gasteiger partial charge in [-0.05, 0) is 26.8 Å². The summed E-state index contributed by atoms with van der Waals surface area (Å²) in [6.45, 7) is 3.09. The number of piperidine rings is 1. The molecule has 1 heterocycles. The summed E-state index contributed by atoms with van der Waals surface area (Å²) >= 11 is 0. The van der Waals surface area contributed by atoms with Crippen molar-refractivity contribution >= 4 is 16.0 Å². The Hall–Kier alpha value is -0.660. The van der Waals surface area contributed by atoms with Gasteiger partial charge in [-0.2, -0.15) is 0 Å². The molecule has 1 fully saturated rings. The normalized spacial score (nSPS) is 20.6. The average molecular weight is 278 g/mol. The molecular weight excluding hydrogens is 256 g/mol. The number of hydrogen-bond donors (Lipinski definition) is 1. The van der Waals surface area contributed by atoms with E-state index >= 15 is 0 Å². The first-order valence-electron chi connectivity index (χ1n) is 6.06. The van der Waals surface area contributed by atoms with E-state index in [-0.39, 0.29) is 17.7 Å². The maximum atomic E-state index is 12.0. The number of nitrogens with one attached hydrogen (secondary N) is 1. The van der Waals surface area contributed by atoms with Crippen LogP contribution in [0.25, 0.3) is 0 Å². The Morgan fingerprint density at radius 2 is 1.94 bits per heavy atom. The van der Waals surface area contributed by atoms with Crippen LogP contribution in [0.5, 0.6) is 0 Å². The van der Waals surface area contributed by atoms with Gasteiger partial charge in [0.15, 0.2) is 0 Å². The summed E-state index contributed by atoms with van der Waals surface area (Å²) < 4.78 is 29.9. The zero-order chi connectivity index (χ0) is 13.8. The van der Waals surface area contributed by atoms with Crippen molar-refractivity contribution in [3.05, 3.63) is 0 Å². The van der Waals surface area contributed by atoms with E-state index in [9.17, 15) is 13.2 Å². The fourth-order valence-corrected chi connectivity index (χ4v) is 3.37. The molecule has 1 rings (SSSR count). The first-order chi connectivity index (χ1) is 8.33. The van der Waals surface area contributed by atoms with Crippen molar-refractivity contribution in [3.8, 4) is 0 Å². The van der Waals surface area contributed by atoms with Crippen LogP contribution >= 0.6 is 0 Å². The van der Waals surface area contributed by atoms with E-state index in [0.717, 1.165) is 12.8 Å². The second-order valence-corrected chi connectivity index (χ2v) is 6.94. The topological polar surface area (TPSA) is 75.7 Å². The lowest BCUT2D eigenvalue weighted by atomic mass is 9.91. The lowest BCUT2D eigenvalue weighted by Gasteiger charge is -2.38. The van der Waals surface area contributed by atoms with E-state index in [1.54, 1.807) is 0 Å². The van der Waals surface area contributed by atoms with Gasteiger partial charge in [0, 0.05) is 18.6 Å². The highest BCUT2D eigenvalue weighted by atomic mass is 32.2. The van der Waals surface area contributed by atoms with Crippen LogP contribution < -0.4 is 5.32 Å². The van der Waals surface area contributed by atoms with Crippen LogP contribution in [-0.4, -0.2) is 57.2 Å². The fraction of sp³-hybridized carbons (Fsp3) is 0.909. The maximum Gasteiger partial charge on any atom is 0.306 e. The van der Waals surface area contributed by atoms with Crippen LogP contribution in [0.3, 0.4) is 0 Å². The number of rotatable bonds is 5. The lowest BCUT2D eigenvalue weighted by Crippen LogP contribution is -2.51. The smallest absolute Gasteiger partial charge is 0.306 e. The van der Waals surface area contributed by atoms with E-state index in [1.807, 2.05) is 7.05 Å². The Morgan fingerprint density at radius 3 is 2.39 bits per heavy atom. The number of nitrogens with zero attached hydrogens (tertiary/aromatic N) is 1. The predicted molar refractivity (Wildman–Crippen MR) is 68.7 cm³/mol. The lowest BCUT2D eigenvalue weighted by molar-refractivity contribution is -0.140. The predicted octanol–water partition coefficient (Wildman–Crippen LogP) is -0.0468. The van der Waals surface area contributed by atoms with Gasteiger partial charge >= 0.3 is 5.97 Å². The number of carbonyl (C=O) groups is 1. The molecule has 0 amide bonds. The molecule has 1 saturated heterocycles. The number of carbonyl (C=O) groups excluding carboxylic acids is 1. The SMILES string of the molecule is CNC1(C)CCN(S(=O)(=O)CCC(=O)OC)CC1. The molecule has 7 heteroatoms. The molecule has 0 atom stereocenters. The molecule has 0 aliphatic carbocycles. The van der Waals surface area contributed by atoms with Crippen LogP contribution in [-0.2, 0) is 19.6 Å². The van der Waals surface area contributed by atoms with Crippen molar-refractivity contribution in [2.75, 3.05) is 33.0 Å². The minimum Gasteiger partial charge on any atom is -0.469 e. The van der Waals surface area contributed by atoms with E-state index in [2.05, 4.69) is 17.0 Å². The van der Waals surface area contributed by atoms with Crippen molar-refractivity contribution in [2.24, 2.45) is 0 Å². The van der Waals surface area contributed by atoms with Crippen LogP contribution in [0.4, 0.5) is 0 Å². The van der Waals surface area contributed by atoms with Crippen LogP contribution in [0.15, 0.2) is 0 Å². The molecule has 6 nitrogen and oxygen atoms in total. The summed E-state index contributed by atoms with van der Waals surface area (Å²) in [4.78, 5) is 11.0. The molecule has 18 heavy (non-hydrogen) atoms. The van der Waals surface area contributed by atoms with Gasteiger partial charge in [-0.3, -0.25) is 4.79 Å². The van der Waals surface area contributed by atoms with Gasteiger partial charge in [-0.25, -0.2) is 12.7 Å². The number of sulfonamides is 1. The molecule has 0 bridgehead atoms. The number of esters is 1. The number of methoxy groups -OCH3 is 1. The van der Waals surface area contributed by atoms with E-state index in [4.69, 9.17) is 0 Å². The Kier molecular flexibility index (Phi) is 5.12. The van der Waals surface area contributed by atoms with E-state index in [1.165, 1.54) is 11.4 Å². The Labute approximate surface area is 109 Å². The standard InChI is InChI=1S/C11H22N2O4S/c1-11(12-2)5-7-13(8-6-11)18(15,16)9-4-10(14)17-3/h12H,4-9H2,1-3H3. The van der Waals surface area contributed by atoms with Crippen molar-refractivity contribution < 1.29 is 17.9 Å². The fourth-order valence-electron chi connectivity index (χ4n) is 1.95. The highest BCUT2D eigenvalue weighted by molar-refractivity contribution is 7.89. The van der Waals surface area contributed by atoms with E-state index < -0.39 is 16.0 Å². The van der Waals surface area contributed by atoms with Crippen LogP contribution in [0.2, 0.25) is 0 Å². The molecule has 0 aromatic carbocycles. The van der Waals surface area contributed by atoms with Gasteiger partial charge in [0.25, 0.3) is 0 Å². The third kappa shape index (κ3) is 3.93. The van der Waals surface area contributed by atoms with Crippen LogP contribution in [0.1, 0.15) is 26.2 Å². The molecule has 0 aromatic heterocycles. The average Bonchev–Trinajstić information content (AvgIpc) is 2.36. The summed E-state index contributed by atoms with van der Waals surface area (Å²) in [6.07, 6.45) is 1.47. The van der Waals surface area contributed by atoms with Gasteiger partial charge in [-0.1, -0.05) is 0 Å². The molecule has 106 valence electrons. The first kappa shape index (κ1) is 15.4. The van der Waals surface area contributed by atoms with Gasteiger partial charge in [0.1, 0.15) is 0 Å². The molecule has 0 spiro atoms. The second kappa shape index (κ2) is 5.99. The highest BCUT2D eigenvalue weighted by Gasteiger charge is 2.33. The first-order valence-corrected chi connectivity index (χ1v) is 7.67. The monoisotopic (exact) mass is 278 g/mol. The van der Waals surface area contributed by atoms with Crippen molar-refractivity contribution in [1.29, 1.82) is 0 Å². The number of hydrogen-bond acceptors (Lipinski definition) is 5. The quantitative estimate of drug-likeness (QED) is 0.714. The van der Waals surface area contributed by atoms with Crippen LogP contribution in [0, 0.1) is 0 Å². The third-order valence-corrected chi connectivity index (χ3v) is 5.49. The van der Waals surface area contributed by atoms with Gasteiger partial charge < -0.3 is 10.1 Å². The zero-order valence-electron chi connectivity index (χ0n) is 11.2. The molecular formula is C11H22N2O4S. The summed E-state index contributed by atoms with van der Waals surface area (Å²) in [5.41, 5.74) is 0.00830. The van der Waals surface area contributed by atoms with Crippen molar-refractivity contribution in [2.45, 2.75) is 31.7 Å². The Bertz CT molecular complexity index is 386. The molecule has 1 aliphatic heterocycles.